The lowest BCUT2D eigenvalue weighted by Gasteiger charge is -1.98. The van der Waals surface area contributed by atoms with Crippen molar-refractivity contribution in [1.29, 1.82) is 0 Å². The Labute approximate surface area is 82.5 Å². The van der Waals surface area contributed by atoms with Gasteiger partial charge >= 0.3 is 0 Å². The first-order valence-corrected chi connectivity index (χ1v) is 4.50. The summed E-state index contributed by atoms with van der Waals surface area (Å²) in [6.07, 6.45) is 0.766. The van der Waals surface area contributed by atoms with E-state index in [0.29, 0.717) is 5.88 Å². The van der Waals surface area contributed by atoms with Crippen LogP contribution < -0.4 is 5.73 Å². The zero-order chi connectivity index (χ0) is 9.97. The van der Waals surface area contributed by atoms with Crippen molar-refractivity contribution in [3.63, 3.8) is 0 Å². The second kappa shape index (κ2) is 3.54. The highest BCUT2D eigenvalue weighted by Crippen LogP contribution is 2.12. The molecule has 0 spiro atoms. The molecule has 3 heteroatoms. The minimum atomic E-state index is 0.368. The van der Waals surface area contributed by atoms with Gasteiger partial charge in [0.2, 0.25) is 5.88 Å². The minimum Gasteiger partial charge on any atom is -0.368 e. The largest absolute Gasteiger partial charge is 0.368 e. The lowest BCUT2D eigenvalue weighted by atomic mass is 10.1. The molecule has 1 heterocycles. The van der Waals surface area contributed by atoms with Crippen molar-refractivity contribution < 1.29 is 4.52 Å². The van der Waals surface area contributed by atoms with Crippen molar-refractivity contribution in [3.8, 4) is 0 Å². The number of aryl methyl sites for hydroxylation is 1. The van der Waals surface area contributed by atoms with Gasteiger partial charge in [-0.2, -0.15) is 0 Å². The molecule has 0 atom stereocenters. The van der Waals surface area contributed by atoms with Crippen LogP contribution in [-0.2, 0) is 6.42 Å². The molecule has 3 nitrogen and oxygen atoms in total. The van der Waals surface area contributed by atoms with Crippen molar-refractivity contribution in [2.24, 2.45) is 0 Å². The molecule has 1 aromatic carbocycles. The zero-order valence-corrected chi connectivity index (χ0v) is 8.03. The number of nitrogens with two attached hydrogens (primary N) is 1. The molecule has 0 saturated heterocycles. The predicted molar refractivity (Wildman–Crippen MR) is 54.9 cm³/mol. The zero-order valence-electron chi connectivity index (χ0n) is 8.03. The van der Waals surface area contributed by atoms with Crippen LogP contribution in [0.5, 0.6) is 0 Å². The Balaban J connectivity index is 2.18. The number of benzene rings is 1. The average Bonchev–Trinajstić information content (AvgIpc) is 2.51. The van der Waals surface area contributed by atoms with E-state index in [9.17, 15) is 0 Å². The summed E-state index contributed by atoms with van der Waals surface area (Å²) in [4.78, 5) is 0. The number of nitrogens with zero attached hydrogens (tertiary/aromatic N) is 1. The first-order valence-electron chi connectivity index (χ1n) is 4.50. The van der Waals surface area contributed by atoms with E-state index in [0.717, 1.165) is 12.1 Å². The molecule has 0 amide bonds. The van der Waals surface area contributed by atoms with E-state index in [-0.39, 0.29) is 0 Å². The van der Waals surface area contributed by atoms with Crippen molar-refractivity contribution in [2.45, 2.75) is 13.3 Å². The maximum absolute atomic E-state index is 5.43. The summed E-state index contributed by atoms with van der Waals surface area (Å²) in [6, 6.07) is 10.1. The molecule has 1 aromatic heterocycles. The molecule has 2 aromatic rings. The van der Waals surface area contributed by atoms with E-state index in [1.54, 1.807) is 6.07 Å². The van der Waals surface area contributed by atoms with E-state index < -0.39 is 0 Å². The van der Waals surface area contributed by atoms with Gasteiger partial charge in [0, 0.05) is 12.5 Å². The average molecular weight is 188 g/mol. The van der Waals surface area contributed by atoms with E-state index in [2.05, 4.69) is 30.3 Å². The van der Waals surface area contributed by atoms with Crippen molar-refractivity contribution in [2.75, 3.05) is 5.73 Å². The number of anilines is 1. The summed E-state index contributed by atoms with van der Waals surface area (Å²) in [5.41, 5.74) is 8.77. The Morgan fingerprint density at radius 2 is 2.21 bits per heavy atom. The molecule has 0 aliphatic carbocycles. The standard InChI is InChI=1S/C11H12N2O/c1-8-3-2-4-9(5-8)6-10-7-11(12)14-13-10/h2-5,7H,6,12H2,1H3. The second-order valence-corrected chi connectivity index (χ2v) is 3.39. The smallest absolute Gasteiger partial charge is 0.222 e. The first kappa shape index (κ1) is 8.81. The van der Waals surface area contributed by atoms with Gasteiger partial charge in [-0.15, -0.1) is 0 Å². The van der Waals surface area contributed by atoms with Gasteiger partial charge in [0.15, 0.2) is 0 Å². The molecule has 0 aliphatic heterocycles. The molecule has 0 aliphatic rings. The van der Waals surface area contributed by atoms with E-state index in [4.69, 9.17) is 10.3 Å². The quantitative estimate of drug-likeness (QED) is 0.785. The van der Waals surface area contributed by atoms with Crippen LogP contribution in [0.1, 0.15) is 16.8 Å². The van der Waals surface area contributed by atoms with Gasteiger partial charge in [-0.05, 0) is 12.5 Å². The lowest BCUT2D eigenvalue weighted by molar-refractivity contribution is 0.429. The molecule has 14 heavy (non-hydrogen) atoms. The van der Waals surface area contributed by atoms with Crippen LogP contribution in [0.2, 0.25) is 0 Å². The molecule has 72 valence electrons. The van der Waals surface area contributed by atoms with Gasteiger partial charge in [0.1, 0.15) is 0 Å². The summed E-state index contributed by atoms with van der Waals surface area (Å²) < 4.78 is 4.79. The minimum absolute atomic E-state index is 0.368. The van der Waals surface area contributed by atoms with Gasteiger partial charge in [-0.25, -0.2) is 0 Å². The third-order valence-electron chi connectivity index (χ3n) is 2.04. The van der Waals surface area contributed by atoms with Gasteiger partial charge in [-0.3, -0.25) is 0 Å². The third-order valence-corrected chi connectivity index (χ3v) is 2.04. The van der Waals surface area contributed by atoms with Crippen LogP contribution in [0.3, 0.4) is 0 Å². The first-order chi connectivity index (χ1) is 6.74. The van der Waals surface area contributed by atoms with Gasteiger partial charge in [0.25, 0.3) is 0 Å². The van der Waals surface area contributed by atoms with Crippen LogP contribution in [0, 0.1) is 6.92 Å². The third kappa shape index (κ3) is 1.93. The number of nitrogen functional groups attached to an aromatic ring is 1. The van der Waals surface area contributed by atoms with E-state index >= 15 is 0 Å². The van der Waals surface area contributed by atoms with Crippen LogP contribution in [0.25, 0.3) is 0 Å². The van der Waals surface area contributed by atoms with Crippen molar-refractivity contribution in [3.05, 3.63) is 47.2 Å². The van der Waals surface area contributed by atoms with Gasteiger partial charge < -0.3 is 10.3 Å². The molecule has 2 rings (SSSR count). The van der Waals surface area contributed by atoms with E-state index in [1.807, 2.05) is 6.07 Å². The number of aromatic nitrogens is 1. The van der Waals surface area contributed by atoms with Gasteiger partial charge in [-0.1, -0.05) is 35.0 Å². The summed E-state index contributed by atoms with van der Waals surface area (Å²) in [7, 11) is 0. The molecule has 0 radical (unpaired) electrons. The lowest BCUT2D eigenvalue weighted by Crippen LogP contribution is -1.88. The SMILES string of the molecule is Cc1cccc(Cc2cc(N)on2)c1. The molecule has 0 bridgehead atoms. The Kier molecular flexibility index (Phi) is 2.23. The second-order valence-electron chi connectivity index (χ2n) is 3.39. The van der Waals surface area contributed by atoms with Crippen LogP contribution >= 0.6 is 0 Å². The molecule has 0 saturated carbocycles. The Morgan fingerprint density at radius 3 is 2.86 bits per heavy atom. The highest BCUT2D eigenvalue weighted by Gasteiger charge is 2.01. The van der Waals surface area contributed by atoms with Crippen molar-refractivity contribution >= 4 is 5.88 Å². The van der Waals surface area contributed by atoms with E-state index in [1.165, 1.54) is 11.1 Å². The normalized spacial score (nSPS) is 10.4. The summed E-state index contributed by atoms with van der Waals surface area (Å²) in [6.45, 7) is 2.07. The summed E-state index contributed by atoms with van der Waals surface area (Å²) >= 11 is 0. The van der Waals surface area contributed by atoms with Crippen LogP contribution in [-0.4, -0.2) is 5.16 Å². The van der Waals surface area contributed by atoms with Crippen LogP contribution in [0.15, 0.2) is 34.9 Å². The Morgan fingerprint density at radius 1 is 1.36 bits per heavy atom. The fourth-order valence-corrected chi connectivity index (χ4v) is 1.44. The maximum Gasteiger partial charge on any atom is 0.222 e. The fraction of sp³-hybridized carbons (Fsp3) is 0.182. The highest BCUT2D eigenvalue weighted by atomic mass is 16.5. The monoisotopic (exact) mass is 188 g/mol. The topological polar surface area (TPSA) is 52.0 Å². The Hall–Kier alpha value is -1.77. The molecule has 0 unspecified atom stereocenters. The molecular formula is C11H12N2O. The van der Waals surface area contributed by atoms with Crippen LogP contribution in [0.4, 0.5) is 5.88 Å². The molecule has 2 N–H and O–H groups in total. The summed E-state index contributed by atoms with van der Waals surface area (Å²) in [5.74, 6) is 0.368. The maximum atomic E-state index is 5.43. The molecular weight excluding hydrogens is 176 g/mol. The predicted octanol–water partition coefficient (Wildman–Crippen LogP) is 2.16. The number of hydrogen-bond acceptors (Lipinski definition) is 3. The summed E-state index contributed by atoms with van der Waals surface area (Å²) in [5, 5.41) is 3.84. The van der Waals surface area contributed by atoms with Crippen molar-refractivity contribution in [1.82, 2.24) is 5.16 Å². The highest BCUT2D eigenvalue weighted by molar-refractivity contribution is 5.30. The number of hydrogen-bond donors (Lipinski definition) is 1. The number of rotatable bonds is 2. The van der Waals surface area contributed by atoms with Gasteiger partial charge in [0.05, 0.1) is 5.69 Å². The fourth-order valence-electron chi connectivity index (χ4n) is 1.44. The molecule has 0 fully saturated rings. The Bertz CT molecular complexity index is 434.